The van der Waals surface area contributed by atoms with Gasteiger partial charge < -0.3 is 10.4 Å². The normalized spacial score (nSPS) is 29.8. The minimum atomic E-state index is -0.180. The molecule has 3 unspecified atom stereocenters. The van der Waals surface area contributed by atoms with Crippen LogP contribution in [0.2, 0.25) is 0 Å². The van der Waals surface area contributed by atoms with Crippen LogP contribution < -0.4 is 5.32 Å². The van der Waals surface area contributed by atoms with Crippen molar-refractivity contribution in [2.24, 2.45) is 0 Å². The van der Waals surface area contributed by atoms with E-state index < -0.39 is 0 Å². The van der Waals surface area contributed by atoms with E-state index in [4.69, 9.17) is 0 Å². The number of aliphatic hydroxyl groups is 1. The molecule has 0 amide bonds. The lowest BCUT2D eigenvalue weighted by molar-refractivity contribution is 0.0882. The highest BCUT2D eigenvalue weighted by atomic mass is 16.3. The summed E-state index contributed by atoms with van der Waals surface area (Å²) < 4.78 is 0. The summed E-state index contributed by atoms with van der Waals surface area (Å²) in [6.07, 6.45) is 3.82. The third-order valence-electron chi connectivity index (χ3n) is 3.94. The molecule has 0 aromatic rings. The Hall–Kier alpha value is -0.120. The molecule has 3 heteroatoms. The van der Waals surface area contributed by atoms with Gasteiger partial charge in [0.2, 0.25) is 0 Å². The molecule has 1 aliphatic heterocycles. The summed E-state index contributed by atoms with van der Waals surface area (Å²) in [6, 6.07) is 1.76. The molecule has 1 saturated heterocycles. The number of nitrogens with one attached hydrogen (secondary N) is 1. The quantitative estimate of drug-likeness (QED) is 0.748. The van der Waals surface area contributed by atoms with Gasteiger partial charge in [0, 0.05) is 24.7 Å². The maximum atomic E-state index is 9.65. The number of rotatable bonds is 6. The molecule has 3 atom stereocenters. The highest BCUT2D eigenvalue weighted by Crippen LogP contribution is 2.27. The van der Waals surface area contributed by atoms with Gasteiger partial charge in [-0.1, -0.05) is 20.8 Å². The van der Waals surface area contributed by atoms with Crippen molar-refractivity contribution in [1.29, 1.82) is 0 Å². The number of nitrogens with zero attached hydrogens (tertiary/aromatic N) is 1. The van der Waals surface area contributed by atoms with E-state index in [0.717, 1.165) is 6.54 Å². The van der Waals surface area contributed by atoms with Crippen LogP contribution in [0.15, 0.2) is 0 Å². The third-order valence-corrected chi connectivity index (χ3v) is 3.94. The molecular weight excluding hydrogens is 212 g/mol. The van der Waals surface area contributed by atoms with E-state index >= 15 is 0 Å². The van der Waals surface area contributed by atoms with Gasteiger partial charge in [-0.25, -0.2) is 0 Å². The zero-order valence-electron chi connectivity index (χ0n) is 12.2. The van der Waals surface area contributed by atoms with Crippen LogP contribution in [-0.2, 0) is 0 Å². The van der Waals surface area contributed by atoms with Crippen molar-refractivity contribution in [2.75, 3.05) is 13.2 Å². The van der Waals surface area contributed by atoms with Gasteiger partial charge >= 0.3 is 0 Å². The molecule has 0 aromatic heterocycles. The first kappa shape index (κ1) is 14.9. The molecule has 0 bridgehead atoms. The van der Waals surface area contributed by atoms with E-state index in [1.165, 1.54) is 19.3 Å². The Kier molecular flexibility index (Phi) is 5.42. The summed E-state index contributed by atoms with van der Waals surface area (Å²) in [6.45, 7) is 12.1. The van der Waals surface area contributed by atoms with Gasteiger partial charge in [0.05, 0.1) is 12.1 Å². The van der Waals surface area contributed by atoms with Crippen LogP contribution in [0, 0.1) is 0 Å². The van der Waals surface area contributed by atoms with Gasteiger partial charge in [-0.15, -0.1) is 0 Å². The van der Waals surface area contributed by atoms with Crippen molar-refractivity contribution >= 4 is 0 Å². The van der Waals surface area contributed by atoms with E-state index in [1.807, 2.05) is 0 Å². The van der Waals surface area contributed by atoms with Crippen molar-refractivity contribution in [2.45, 2.75) is 77.5 Å². The fourth-order valence-electron chi connectivity index (χ4n) is 3.09. The average molecular weight is 242 g/mol. The number of hydrogen-bond donors (Lipinski definition) is 2. The number of aliphatic hydroxyl groups excluding tert-OH is 1. The summed E-state index contributed by atoms with van der Waals surface area (Å²) in [5.41, 5.74) is -0.180. The minimum absolute atomic E-state index is 0.180. The molecule has 1 heterocycles. The molecule has 3 nitrogen and oxygen atoms in total. The van der Waals surface area contributed by atoms with Crippen molar-refractivity contribution < 1.29 is 5.11 Å². The summed E-state index contributed by atoms with van der Waals surface area (Å²) >= 11 is 0. The lowest BCUT2D eigenvalue weighted by Crippen LogP contribution is -2.57. The molecular formula is C14H30N2O. The van der Waals surface area contributed by atoms with Gasteiger partial charge in [-0.3, -0.25) is 4.90 Å². The second-order valence-electron chi connectivity index (χ2n) is 6.18. The summed E-state index contributed by atoms with van der Waals surface area (Å²) in [5.74, 6) is 0. The van der Waals surface area contributed by atoms with Crippen molar-refractivity contribution in [3.8, 4) is 0 Å². The van der Waals surface area contributed by atoms with Crippen molar-refractivity contribution in [1.82, 2.24) is 10.2 Å². The zero-order chi connectivity index (χ0) is 13.1. The first-order chi connectivity index (χ1) is 7.91. The predicted octanol–water partition coefficient (Wildman–Crippen LogP) is 2.00. The topological polar surface area (TPSA) is 35.5 Å². The van der Waals surface area contributed by atoms with Crippen molar-refractivity contribution in [3.05, 3.63) is 0 Å². The van der Waals surface area contributed by atoms with Gasteiger partial charge in [0.1, 0.15) is 0 Å². The van der Waals surface area contributed by atoms with Crippen LogP contribution in [0.25, 0.3) is 0 Å². The van der Waals surface area contributed by atoms with Crippen LogP contribution in [0.4, 0.5) is 0 Å². The smallest absolute Gasteiger partial charge is 0.0623 e. The highest BCUT2D eigenvalue weighted by molar-refractivity contribution is 4.93. The molecule has 0 saturated carbocycles. The van der Waals surface area contributed by atoms with E-state index in [-0.39, 0.29) is 12.1 Å². The molecule has 2 N–H and O–H groups in total. The highest BCUT2D eigenvalue weighted by Gasteiger charge is 2.35. The van der Waals surface area contributed by atoms with Crippen LogP contribution >= 0.6 is 0 Å². The Labute approximate surface area is 107 Å². The first-order valence-electron chi connectivity index (χ1n) is 7.06. The predicted molar refractivity (Wildman–Crippen MR) is 73.2 cm³/mol. The van der Waals surface area contributed by atoms with E-state index in [9.17, 15) is 5.11 Å². The fourth-order valence-corrected chi connectivity index (χ4v) is 3.09. The summed E-state index contributed by atoms with van der Waals surface area (Å²) in [4.78, 5) is 2.58. The van der Waals surface area contributed by atoms with Crippen molar-refractivity contribution in [3.63, 3.8) is 0 Å². The monoisotopic (exact) mass is 242 g/mol. The second kappa shape index (κ2) is 6.17. The summed E-state index contributed by atoms with van der Waals surface area (Å²) in [5, 5.41) is 13.2. The van der Waals surface area contributed by atoms with Crippen LogP contribution in [-0.4, -0.2) is 46.8 Å². The minimum Gasteiger partial charge on any atom is -0.394 e. The lowest BCUT2D eigenvalue weighted by atomic mass is 10.00. The lowest BCUT2D eigenvalue weighted by Gasteiger charge is -2.39. The Balaban J connectivity index is 2.65. The molecule has 0 aliphatic carbocycles. The average Bonchev–Trinajstić information content (AvgIpc) is 2.59. The van der Waals surface area contributed by atoms with Gasteiger partial charge in [0.15, 0.2) is 0 Å². The van der Waals surface area contributed by atoms with Crippen LogP contribution in [0.5, 0.6) is 0 Å². The fraction of sp³-hybridized carbons (Fsp3) is 1.00. The molecule has 1 fully saturated rings. The largest absolute Gasteiger partial charge is 0.394 e. The molecule has 0 spiro atoms. The molecule has 102 valence electrons. The van der Waals surface area contributed by atoms with E-state index in [2.05, 4.69) is 44.8 Å². The Morgan fingerprint density at radius 2 is 2.06 bits per heavy atom. The number of hydrogen-bond acceptors (Lipinski definition) is 3. The Bertz CT molecular complexity index is 232. The third kappa shape index (κ3) is 3.94. The molecule has 17 heavy (non-hydrogen) atoms. The second-order valence-corrected chi connectivity index (χ2v) is 6.18. The Morgan fingerprint density at radius 1 is 1.41 bits per heavy atom. The van der Waals surface area contributed by atoms with E-state index in [0.29, 0.717) is 18.1 Å². The first-order valence-corrected chi connectivity index (χ1v) is 7.06. The van der Waals surface area contributed by atoms with Gasteiger partial charge in [0.25, 0.3) is 0 Å². The SMILES string of the molecule is CCC1CCC(C)N1CC(C)(CO)NC(C)C. The Morgan fingerprint density at radius 3 is 2.53 bits per heavy atom. The molecule has 1 aliphatic rings. The number of likely N-dealkylation sites (tertiary alicyclic amines) is 1. The van der Waals surface area contributed by atoms with Crippen LogP contribution in [0.1, 0.15) is 53.9 Å². The molecule has 1 rings (SSSR count). The maximum Gasteiger partial charge on any atom is 0.0623 e. The molecule has 0 radical (unpaired) electrons. The molecule has 0 aromatic carbocycles. The summed E-state index contributed by atoms with van der Waals surface area (Å²) in [7, 11) is 0. The standard InChI is InChI=1S/C14H30N2O/c1-6-13-8-7-12(4)16(13)9-14(5,10-17)15-11(2)3/h11-13,15,17H,6-10H2,1-5H3. The van der Waals surface area contributed by atoms with E-state index in [1.54, 1.807) is 0 Å². The van der Waals surface area contributed by atoms with Crippen LogP contribution in [0.3, 0.4) is 0 Å². The van der Waals surface area contributed by atoms with Gasteiger partial charge in [-0.2, -0.15) is 0 Å². The van der Waals surface area contributed by atoms with Gasteiger partial charge in [-0.05, 0) is 33.1 Å². The zero-order valence-corrected chi connectivity index (χ0v) is 12.2. The maximum absolute atomic E-state index is 9.65.